The molecule has 1 aliphatic heterocycles. The largest absolute Gasteiger partial charge is 0.497 e. The zero-order chi connectivity index (χ0) is 13.7. The first-order valence-electron chi connectivity index (χ1n) is 7.27. The van der Waals surface area contributed by atoms with Gasteiger partial charge in [-0.25, -0.2) is 4.98 Å². The highest BCUT2D eigenvalue weighted by Gasteiger charge is 2.27. The Hall–Kier alpha value is -1.81. The van der Waals surface area contributed by atoms with Crippen molar-refractivity contribution in [1.29, 1.82) is 0 Å². The van der Waals surface area contributed by atoms with Crippen LogP contribution in [0.4, 0.5) is 0 Å². The molecule has 0 spiro atoms. The van der Waals surface area contributed by atoms with Crippen molar-refractivity contribution in [3.63, 3.8) is 0 Å². The van der Waals surface area contributed by atoms with Gasteiger partial charge in [-0.05, 0) is 37.0 Å². The molecule has 1 unspecified atom stereocenters. The van der Waals surface area contributed by atoms with E-state index in [1.807, 2.05) is 6.07 Å². The minimum absolute atomic E-state index is 0.271. The number of nitrogens with two attached hydrogens (primary N) is 1. The lowest BCUT2D eigenvalue weighted by Gasteiger charge is -2.23. The van der Waals surface area contributed by atoms with Gasteiger partial charge in [-0.2, -0.15) is 0 Å². The SMILES string of the molecule is COc1ccc2c(c1)-c1nc3n(c1CC2)CC(N)CC3. The summed E-state index contributed by atoms with van der Waals surface area (Å²) in [5.74, 6) is 2.10. The molecule has 2 N–H and O–H groups in total. The predicted octanol–water partition coefficient (Wildman–Crippen LogP) is 1.93. The number of rotatable bonds is 1. The van der Waals surface area contributed by atoms with Gasteiger partial charge in [0.2, 0.25) is 0 Å². The highest BCUT2D eigenvalue weighted by molar-refractivity contribution is 5.70. The number of aryl methyl sites for hydroxylation is 2. The third-order valence-corrected chi connectivity index (χ3v) is 4.51. The lowest BCUT2D eigenvalue weighted by Crippen LogP contribution is -2.32. The minimum atomic E-state index is 0.271. The van der Waals surface area contributed by atoms with Crippen molar-refractivity contribution in [2.45, 2.75) is 38.3 Å². The number of benzene rings is 1. The van der Waals surface area contributed by atoms with Crippen LogP contribution in [-0.2, 0) is 25.8 Å². The van der Waals surface area contributed by atoms with E-state index in [0.717, 1.165) is 43.7 Å². The van der Waals surface area contributed by atoms with E-state index >= 15 is 0 Å². The molecule has 1 aromatic carbocycles. The topological polar surface area (TPSA) is 53.1 Å². The molecule has 104 valence electrons. The third kappa shape index (κ3) is 1.68. The van der Waals surface area contributed by atoms with E-state index in [4.69, 9.17) is 15.5 Å². The summed E-state index contributed by atoms with van der Waals surface area (Å²) in [5.41, 5.74) is 11.2. The maximum Gasteiger partial charge on any atom is 0.119 e. The number of hydrogen-bond donors (Lipinski definition) is 1. The van der Waals surface area contributed by atoms with Gasteiger partial charge in [0.15, 0.2) is 0 Å². The fourth-order valence-corrected chi connectivity index (χ4v) is 3.43. The van der Waals surface area contributed by atoms with Crippen molar-refractivity contribution in [3.8, 4) is 17.0 Å². The Morgan fingerprint density at radius 2 is 2.20 bits per heavy atom. The Balaban J connectivity index is 1.88. The van der Waals surface area contributed by atoms with Crippen molar-refractivity contribution >= 4 is 0 Å². The van der Waals surface area contributed by atoms with Crippen molar-refractivity contribution in [3.05, 3.63) is 35.3 Å². The van der Waals surface area contributed by atoms with Crippen LogP contribution in [0.1, 0.15) is 23.5 Å². The second-order valence-corrected chi connectivity index (χ2v) is 5.76. The molecular weight excluding hydrogens is 250 g/mol. The number of fused-ring (bicyclic) bond motifs is 5. The summed E-state index contributed by atoms with van der Waals surface area (Å²) < 4.78 is 7.71. The summed E-state index contributed by atoms with van der Waals surface area (Å²) in [5, 5.41) is 0. The van der Waals surface area contributed by atoms with E-state index < -0.39 is 0 Å². The van der Waals surface area contributed by atoms with E-state index in [2.05, 4.69) is 16.7 Å². The molecule has 0 radical (unpaired) electrons. The minimum Gasteiger partial charge on any atom is -0.497 e. The normalized spacial score (nSPS) is 20.0. The lowest BCUT2D eigenvalue weighted by atomic mass is 9.92. The molecule has 4 nitrogen and oxygen atoms in total. The molecule has 4 heteroatoms. The fourth-order valence-electron chi connectivity index (χ4n) is 3.43. The molecule has 20 heavy (non-hydrogen) atoms. The second-order valence-electron chi connectivity index (χ2n) is 5.76. The van der Waals surface area contributed by atoms with Gasteiger partial charge in [0, 0.05) is 30.3 Å². The van der Waals surface area contributed by atoms with E-state index in [0.29, 0.717) is 0 Å². The average Bonchev–Trinajstić information content (AvgIpc) is 2.85. The number of imidazole rings is 1. The van der Waals surface area contributed by atoms with Crippen LogP contribution in [0.25, 0.3) is 11.3 Å². The number of ether oxygens (including phenoxy) is 1. The van der Waals surface area contributed by atoms with E-state index in [9.17, 15) is 0 Å². The molecule has 0 saturated carbocycles. The van der Waals surface area contributed by atoms with Crippen molar-refractivity contribution in [2.24, 2.45) is 5.73 Å². The Labute approximate surface area is 118 Å². The molecule has 2 aliphatic rings. The summed E-state index contributed by atoms with van der Waals surface area (Å²) in [7, 11) is 1.71. The molecule has 1 aromatic heterocycles. The van der Waals surface area contributed by atoms with Crippen LogP contribution in [0, 0.1) is 0 Å². The van der Waals surface area contributed by atoms with Gasteiger partial charge in [-0.3, -0.25) is 0 Å². The summed E-state index contributed by atoms with van der Waals surface area (Å²) in [6, 6.07) is 6.59. The Kier molecular flexibility index (Phi) is 2.60. The smallest absolute Gasteiger partial charge is 0.119 e. The number of methoxy groups -OCH3 is 1. The Morgan fingerprint density at radius 1 is 1.30 bits per heavy atom. The highest BCUT2D eigenvalue weighted by atomic mass is 16.5. The molecule has 2 aromatic rings. The molecule has 0 saturated heterocycles. The first-order valence-corrected chi connectivity index (χ1v) is 7.27. The van der Waals surface area contributed by atoms with E-state index in [1.54, 1.807) is 7.11 Å². The van der Waals surface area contributed by atoms with Crippen LogP contribution in [-0.4, -0.2) is 22.7 Å². The molecule has 4 rings (SSSR count). The molecule has 0 fully saturated rings. The van der Waals surface area contributed by atoms with Crippen molar-refractivity contribution in [1.82, 2.24) is 9.55 Å². The van der Waals surface area contributed by atoms with Gasteiger partial charge in [0.1, 0.15) is 11.6 Å². The number of hydrogen-bond acceptors (Lipinski definition) is 3. The third-order valence-electron chi connectivity index (χ3n) is 4.51. The predicted molar refractivity (Wildman–Crippen MR) is 77.9 cm³/mol. The molecule has 0 bridgehead atoms. The second kappa shape index (κ2) is 4.35. The maximum absolute atomic E-state index is 6.11. The number of nitrogens with zero attached hydrogens (tertiary/aromatic N) is 2. The van der Waals surface area contributed by atoms with Gasteiger partial charge in [0.25, 0.3) is 0 Å². The molecule has 1 aliphatic carbocycles. The monoisotopic (exact) mass is 269 g/mol. The fraction of sp³-hybridized carbons (Fsp3) is 0.438. The Bertz CT molecular complexity index is 675. The maximum atomic E-state index is 6.11. The molecule has 0 amide bonds. The number of aromatic nitrogens is 2. The first-order chi connectivity index (χ1) is 9.76. The van der Waals surface area contributed by atoms with Crippen LogP contribution in [0.2, 0.25) is 0 Å². The van der Waals surface area contributed by atoms with Crippen LogP contribution in [0.3, 0.4) is 0 Å². The van der Waals surface area contributed by atoms with Gasteiger partial charge < -0.3 is 15.0 Å². The first kappa shape index (κ1) is 12.0. The lowest BCUT2D eigenvalue weighted by molar-refractivity contribution is 0.414. The van der Waals surface area contributed by atoms with Gasteiger partial charge in [-0.1, -0.05) is 6.07 Å². The standard InChI is InChI=1S/C16H19N3O/c1-20-12-5-2-10-3-6-14-16(13(10)8-12)18-15-7-4-11(17)9-19(14)15/h2,5,8,11H,3-4,6-7,9,17H2,1H3. The van der Waals surface area contributed by atoms with Gasteiger partial charge in [0.05, 0.1) is 12.8 Å². The van der Waals surface area contributed by atoms with Gasteiger partial charge >= 0.3 is 0 Å². The zero-order valence-corrected chi connectivity index (χ0v) is 11.7. The van der Waals surface area contributed by atoms with Crippen LogP contribution in [0.15, 0.2) is 18.2 Å². The van der Waals surface area contributed by atoms with Crippen LogP contribution in [0.5, 0.6) is 5.75 Å². The van der Waals surface area contributed by atoms with Crippen molar-refractivity contribution < 1.29 is 4.74 Å². The average molecular weight is 269 g/mol. The van der Waals surface area contributed by atoms with E-state index in [1.165, 1.54) is 22.6 Å². The quantitative estimate of drug-likeness (QED) is 0.860. The Morgan fingerprint density at radius 3 is 3.05 bits per heavy atom. The summed E-state index contributed by atoms with van der Waals surface area (Å²) in [4.78, 5) is 4.89. The van der Waals surface area contributed by atoms with E-state index in [-0.39, 0.29) is 6.04 Å². The zero-order valence-electron chi connectivity index (χ0n) is 11.7. The van der Waals surface area contributed by atoms with Crippen molar-refractivity contribution in [2.75, 3.05) is 7.11 Å². The molecule has 1 atom stereocenters. The van der Waals surface area contributed by atoms with Gasteiger partial charge in [-0.15, -0.1) is 0 Å². The van der Waals surface area contributed by atoms with Crippen LogP contribution < -0.4 is 10.5 Å². The van der Waals surface area contributed by atoms with Crippen LogP contribution >= 0.6 is 0 Å². The summed E-state index contributed by atoms with van der Waals surface area (Å²) in [6.45, 7) is 0.914. The molecular formula is C16H19N3O. The highest BCUT2D eigenvalue weighted by Crippen LogP contribution is 2.36. The summed E-state index contributed by atoms with van der Waals surface area (Å²) >= 11 is 0. The summed E-state index contributed by atoms with van der Waals surface area (Å²) in [6.07, 6.45) is 4.18. The molecule has 2 heterocycles.